The molecule has 1 aliphatic rings. The molecule has 0 spiro atoms. The van der Waals surface area contributed by atoms with Gasteiger partial charge in [-0.25, -0.2) is 0 Å². The molecule has 1 saturated heterocycles. The Morgan fingerprint density at radius 3 is 2.57 bits per heavy atom. The lowest BCUT2D eigenvalue weighted by molar-refractivity contribution is -0.138. The van der Waals surface area contributed by atoms with Gasteiger partial charge in [-0.05, 0) is 30.9 Å². The number of aliphatic hydroxyl groups excluding tert-OH is 3. The van der Waals surface area contributed by atoms with Gasteiger partial charge in [-0.2, -0.15) is 0 Å². The number of ether oxygens (including phenoxy) is 1. The molecule has 11 heteroatoms. The van der Waals surface area contributed by atoms with Gasteiger partial charge in [-0.1, -0.05) is 18.2 Å². The number of para-hydroxylation sites is 1. The van der Waals surface area contributed by atoms with Gasteiger partial charge in [-0.15, -0.1) is 12.4 Å². The third-order valence-corrected chi connectivity index (χ3v) is 6.28. The molecule has 2 heterocycles. The molecule has 3 rings (SSSR count). The third kappa shape index (κ3) is 7.89. The van der Waals surface area contributed by atoms with E-state index in [0.717, 1.165) is 16.5 Å². The Hall–Kier alpha value is -2.21. The van der Waals surface area contributed by atoms with Crippen LogP contribution in [-0.2, 0) is 20.7 Å². The molecular weight excluding hydrogens is 476 g/mol. The number of nitrogens with two attached hydrogens (primary N) is 1. The van der Waals surface area contributed by atoms with Gasteiger partial charge in [-0.3, -0.25) is 9.59 Å². The van der Waals surface area contributed by atoms with Gasteiger partial charge in [0, 0.05) is 56.8 Å². The van der Waals surface area contributed by atoms with Crippen LogP contribution in [0.15, 0.2) is 30.5 Å². The van der Waals surface area contributed by atoms with Crippen molar-refractivity contribution in [3.63, 3.8) is 0 Å². The second kappa shape index (κ2) is 13.8. The maximum absolute atomic E-state index is 13.3. The summed E-state index contributed by atoms with van der Waals surface area (Å²) < 4.78 is 5.40. The van der Waals surface area contributed by atoms with Gasteiger partial charge in [0.2, 0.25) is 11.8 Å². The van der Waals surface area contributed by atoms with Gasteiger partial charge < -0.3 is 40.6 Å². The Morgan fingerprint density at radius 2 is 1.83 bits per heavy atom. The summed E-state index contributed by atoms with van der Waals surface area (Å²) in [5.41, 5.74) is 8.28. The molecule has 4 atom stereocenters. The van der Waals surface area contributed by atoms with Crippen LogP contribution in [0.4, 0.5) is 0 Å². The molecule has 1 fully saturated rings. The molecule has 0 bridgehead atoms. The monoisotopic (exact) mass is 512 g/mol. The molecule has 2 aromatic rings. The van der Waals surface area contributed by atoms with E-state index in [4.69, 9.17) is 10.5 Å². The Kier molecular flexibility index (Phi) is 11.4. The highest BCUT2D eigenvalue weighted by Gasteiger charge is 2.29. The highest BCUT2D eigenvalue weighted by molar-refractivity contribution is 5.86. The predicted octanol–water partition coefficient (Wildman–Crippen LogP) is 0.0297. The van der Waals surface area contributed by atoms with Gasteiger partial charge in [0.1, 0.15) is 18.3 Å². The van der Waals surface area contributed by atoms with Gasteiger partial charge in [0.25, 0.3) is 0 Å². The van der Waals surface area contributed by atoms with Crippen LogP contribution in [0.25, 0.3) is 10.9 Å². The van der Waals surface area contributed by atoms with Gasteiger partial charge in [0.15, 0.2) is 0 Å². The smallest absolute Gasteiger partial charge is 0.239 e. The molecule has 2 amide bonds. The molecule has 0 unspecified atom stereocenters. The zero-order valence-corrected chi connectivity index (χ0v) is 20.8. The molecule has 0 aliphatic carbocycles. The number of hydrogen-bond donors (Lipinski definition) is 5. The second-order valence-corrected chi connectivity index (χ2v) is 8.87. The van der Waals surface area contributed by atoms with E-state index in [1.807, 2.05) is 30.5 Å². The van der Waals surface area contributed by atoms with Crippen molar-refractivity contribution < 1.29 is 29.6 Å². The fourth-order valence-corrected chi connectivity index (χ4v) is 4.21. The molecule has 10 nitrogen and oxygen atoms in total. The largest absolute Gasteiger partial charge is 0.388 e. The number of β-amino-alcohol motifs (C(OH)–C–C–N with tert-alkyl or cyclic N) is 1. The lowest BCUT2D eigenvalue weighted by Crippen LogP contribution is -2.51. The van der Waals surface area contributed by atoms with Crippen molar-refractivity contribution in [3.8, 4) is 0 Å². The number of carbonyl (C=O) groups is 2. The van der Waals surface area contributed by atoms with Crippen LogP contribution in [0, 0.1) is 0 Å². The predicted molar refractivity (Wildman–Crippen MR) is 134 cm³/mol. The number of hydrogen-bond acceptors (Lipinski definition) is 7. The van der Waals surface area contributed by atoms with E-state index in [-0.39, 0.29) is 50.5 Å². The fraction of sp³-hybridized carbons (Fsp3) is 0.583. The number of aromatic nitrogens is 1. The number of H-pyrrole nitrogens is 1. The number of aliphatic hydroxyl groups is 3. The van der Waals surface area contributed by atoms with E-state index in [1.165, 1.54) is 11.8 Å². The number of nitrogens with zero attached hydrogens (tertiary/aromatic N) is 2. The van der Waals surface area contributed by atoms with Crippen LogP contribution in [0.5, 0.6) is 0 Å². The van der Waals surface area contributed by atoms with Crippen molar-refractivity contribution >= 4 is 35.1 Å². The van der Waals surface area contributed by atoms with Crippen molar-refractivity contribution in [1.29, 1.82) is 0 Å². The number of fused-ring (bicyclic) bond motifs is 1. The minimum atomic E-state index is -1.45. The summed E-state index contributed by atoms with van der Waals surface area (Å²) in [5, 5.41) is 31.5. The summed E-state index contributed by atoms with van der Waals surface area (Å²) in [6.07, 6.45) is -0.507. The molecule has 0 saturated carbocycles. The van der Waals surface area contributed by atoms with Crippen LogP contribution in [-0.4, -0.2) is 106 Å². The first-order valence-corrected chi connectivity index (χ1v) is 11.7. The average Bonchev–Trinajstić information content (AvgIpc) is 3.23. The molecule has 0 radical (unpaired) electrons. The number of nitrogens with one attached hydrogen (secondary N) is 1. The Bertz CT molecular complexity index is 957. The number of benzene rings is 1. The number of halogens is 1. The first-order chi connectivity index (χ1) is 16.3. The minimum Gasteiger partial charge on any atom is -0.388 e. The van der Waals surface area contributed by atoms with Crippen LogP contribution in [0.3, 0.4) is 0 Å². The van der Waals surface area contributed by atoms with Crippen molar-refractivity contribution in [2.24, 2.45) is 5.73 Å². The van der Waals surface area contributed by atoms with Crippen molar-refractivity contribution in [3.05, 3.63) is 36.0 Å². The number of carbonyl (C=O) groups excluding carboxylic acids is 2. The molecule has 1 aromatic heterocycles. The highest BCUT2D eigenvalue weighted by Crippen LogP contribution is 2.19. The normalized spacial score (nSPS) is 23.9. The second-order valence-electron chi connectivity index (χ2n) is 8.87. The topological polar surface area (TPSA) is 152 Å². The Morgan fingerprint density at radius 1 is 1.11 bits per heavy atom. The van der Waals surface area contributed by atoms with E-state index >= 15 is 0 Å². The first kappa shape index (κ1) is 29.0. The van der Waals surface area contributed by atoms with E-state index in [9.17, 15) is 24.9 Å². The lowest BCUT2D eigenvalue weighted by atomic mass is 10.0. The number of aromatic amines is 1. The van der Waals surface area contributed by atoms with Gasteiger partial charge >= 0.3 is 0 Å². The third-order valence-electron chi connectivity index (χ3n) is 6.28. The van der Waals surface area contributed by atoms with E-state index in [0.29, 0.717) is 32.4 Å². The minimum absolute atomic E-state index is 0. The van der Waals surface area contributed by atoms with Crippen LogP contribution in [0.2, 0.25) is 0 Å². The zero-order chi connectivity index (χ0) is 24.7. The summed E-state index contributed by atoms with van der Waals surface area (Å²) in [6.45, 7) is 2.28. The van der Waals surface area contributed by atoms with Crippen molar-refractivity contribution in [2.45, 2.75) is 50.5 Å². The Labute approximate surface area is 211 Å². The highest BCUT2D eigenvalue weighted by atomic mass is 35.5. The SMILES string of the molecule is CC(=O)N1CCN(C(=O)[C@@H](N)Cc2c[nH]c3ccccc23)CCCCOC[C@@H](O)[C@H](O)[C@@H](O)C1.Cl. The van der Waals surface area contributed by atoms with E-state index in [1.54, 1.807) is 4.90 Å². The summed E-state index contributed by atoms with van der Waals surface area (Å²) in [7, 11) is 0. The summed E-state index contributed by atoms with van der Waals surface area (Å²) in [5.74, 6) is -0.516. The quantitative estimate of drug-likeness (QED) is 0.389. The maximum atomic E-state index is 13.3. The molecular formula is C24H37ClN4O6. The molecule has 1 aliphatic heterocycles. The summed E-state index contributed by atoms with van der Waals surface area (Å²) in [4.78, 5) is 31.6. The van der Waals surface area contributed by atoms with Crippen LogP contribution >= 0.6 is 12.4 Å². The lowest BCUT2D eigenvalue weighted by Gasteiger charge is -2.32. The molecule has 1 aromatic carbocycles. The fourth-order valence-electron chi connectivity index (χ4n) is 4.21. The zero-order valence-electron chi connectivity index (χ0n) is 20.0. The maximum Gasteiger partial charge on any atom is 0.239 e. The number of rotatable bonds is 3. The van der Waals surface area contributed by atoms with Crippen LogP contribution in [0.1, 0.15) is 25.3 Å². The number of amides is 2. The van der Waals surface area contributed by atoms with Crippen LogP contribution < -0.4 is 5.73 Å². The molecule has 6 N–H and O–H groups in total. The molecule has 35 heavy (non-hydrogen) atoms. The summed E-state index contributed by atoms with van der Waals surface area (Å²) >= 11 is 0. The first-order valence-electron chi connectivity index (χ1n) is 11.7. The van der Waals surface area contributed by atoms with Gasteiger partial charge in [0.05, 0.1) is 12.6 Å². The van der Waals surface area contributed by atoms with Crippen molar-refractivity contribution in [1.82, 2.24) is 14.8 Å². The Balaban J connectivity index is 0.00000432. The van der Waals surface area contributed by atoms with E-state index in [2.05, 4.69) is 4.98 Å². The average molecular weight is 513 g/mol. The van der Waals surface area contributed by atoms with E-state index < -0.39 is 24.4 Å². The standard InChI is InChI=1S/C24H36N4O6.ClH/c1-16(29)28-10-9-27(8-4-5-11-34-15-22(31)23(32)21(30)14-28)24(33)19(25)12-17-13-26-20-7-3-2-6-18(17)20;/h2-3,6-7,13,19,21-23,26,30-32H,4-5,8-12,14-15,25H2,1H3;1H/t19-,21-,22+,23+;/m0./s1. The molecule has 196 valence electrons. The van der Waals surface area contributed by atoms with Crippen molar-refractivity contribution in [2.75, 3.05) is 39.4 Å². The summed E-state index contributed by atoms with van der Waals surface area (Å²) in [6, 6.07) is 7.09.